The zero-order valence-corrected chi connectivity index (χ0v) is 9.44. The van der Waals surface area contributed by atoms with Crippen molar-refractivity contribution >= 4 is 15.9 Å². The van der Waals surface area contributed by atoms with Gasteiger partial charge in [-0.25, -0.2) is 13.1 Å². The highest BCUT2D eigenvalue weighted by Crippen LogP contribution is 1.85. The molecule has 0 aromatic heterocycles. The van der Waals surface area contributed by atoms with Crippen molar-refractivity contribution in [3.05, 3.63) is 33.3 Å². The fourth-order valence-electron chi connectivity index (χ4n) is 0.404. The van der Waals surface area contributed by atoms with Crippen LogP contribution in [0.5, 0.6) is 0 Å². The number of nitrogens with zero attached hydrogens (tertiary/aromatic N) is 5. The standard InChI is InChI=1S/C4H6BrN.C4H6N4/c1-6-4-2-3-5;1-6-3-2-4-7-8-5/h2-4H2;2-4H2. The summed E-state index contributed by atoms with van der Waals surface area (Å²) in [5.74, 6) is 0. The quantitative estimate of drug-likeness (QED) is 0.181. The molecule has 0 rings (SSSR count). The van der Waals surface area contributed by atoms with Crippen LogP contribution in [-0.2, 0) is 0 Å². The van der Waals surface area contributed by atoms with Gasteiger partial charge in [0.15, 0.2) is 0 Å². The Bertz CT molecular complexity index is 233. The predicted molar refractivity (Wildman–Crippen MR) is 60.0 cm³/mol. The van der Waals surface area contributed by atoms with Crippen LogP contribution in [0.3, 0.4) is 0 Å². The molecule has 0 bridgehead atoms. The normalized spacial score (nSPS) is 7.07. The van der Waals surface area contributed by atoms with Crippen molar-refractivity contribution < 1.29 is 0 Å². The van der Waals surface area contributed by atoms with Crippen LogP contribution >= 0.6 is 15.9 Å². The van der Waals surface area contributed by atoms with Crippen molar-refractivity contribution in [2.45, 2.75) is 12.8 Å². The van der Waals surface area contributed by atoms with Crippen LogP contribution in [0, 0.1) is 13.1 Å². The van der Waals surface area contributed by atoms with E-state index in [1.54, 1.807) is 0 Å². The molecule has 0 heterocycles. The molecule has 0 amide bonds. The summed E-state index contributed by atoms with van der Waals surface area (Å²) in [7, 11) is 0. The largest absolute Gasteiger partial charge is 0.317 e. The lowest BCUT2D eigenvalue weighted by atomic mass is 10.4. The molecule has 0 radical (unpaired) electrons. The van der Waals surface area contributed by atoms with Crippen molar-refractivity contribution in [3.8, 4) is 0 Å². The number of hydrogen-bond acceptors (Lipinski definition) is 1. The number of alkyl halides is 1. The molecule has 6 heteroatoms. The molecule has 0 fully saturated rings. The van der Waals surface area contributed by atoms with Crippen LogP contribution in [0.2, 0.25) is 0 Å². The first kappa shape index (κ1) is 15.3. The molecule has 0 unspecified atom stereocenters. The van der Waals surface area contributed by atoms with E-state index in [1.807, 2.05) is 0 Å². The van der Waals surface area contributed by atoms with Gasteiger partial charge >= 0.3 is 0 Å². The molecule has 76 valence electrons. The lowest BCUT2D eigenvalue weighted by Gasteiger charge is -1.77. The molecule has 0 aliphatic heterocycles. The van der Waals surface area contributed by atoms with Crippen molar-refractivity contribution in [2.75, 3.05) is 25.0 Å². The SMILES string of the molecule is [C-]#[N+]CCCBr.[C-]#[N+]CCCN=[N+]=[N-]. The Morgan fingerprint density at radius 3 is 2.07 bits per heavy atom. The molecule has 0 aromatic carbocycles. The maximum atomic E-state index is 7.75. The maximum Gasteiger partial charge on any atom is 0.215 e. The van der Waals surface area contributed by atoms with Crippen LogP contribution in [0.4, 0.5) is 0 Å². The zero-order valence-electron chi connectivity index (χ0n) is 7.86. The summed E-state index contributed by atoms with van der Waals surface area (Å²) in [5.41, 5.74) is 7.75. The van der Waals surface area contributed by atoms with Crippen molar-refractivity contribution in [1.82, 2.24) is 0 Å². The summed E-state index contributed by atoms with van der Waals surface area (Å²) in [6.07, 6.45) is 1.65. The Labute approximate surface area is 92.5 Å². The highest BCUT2D eigenvalue weighted by atomic mass is 79.9. The first-order chi connectivity index (χ1) is 6.83. The number of halogens is 1. The molecule has 0 saturated carbocycles. The summed E-state index contributed by atoms with van der Waals surface area (Å²) >= 11 is 3.21. The fraction of sp³-hybridized carbons (Fsp3) is 0.750. The average molecular weight is 258 g/mol. The molecule has 0 aliphatic carbocycles. The highest BCUT2D eigenvalue weighted by molar-refractivity contribution is 9.09. The van der Waals surface area contributed by atoms with Gasteiger partial charge in [0.05, 0.1) is 0 Å². The van der Waals surface area contributed by atoms with E-state index >= 15 is 0 Å². The third-order valence-electron chi connectivity index (χ3n) is 0.995. The van der Waals surface area contributed by atoms with Crippen LogP contribution in [0.25, 0.3) is 20.1 Å². The van der Waals surface area contributed by atoms with Gasteiger partial charge in [0.2, 0.25) is 13.1 Å². The minimum absolute atomic E-state index is 0.443. The second kappa shape index (κ2) is 17.8. The summed E-state index contributed by atoms with van der Waals surface area (Å²) < 4.78 is 0. The Kier molecular flexibility index (Phi) is 19.3. The first-order valence-electron chi connectivity index (χ1n) is 4.06. The third-order valence-corrected chi connectivity index (χ3v) is 1.56. The molecule has 0 spiro atoms. The van der Waals surface area contributed by atoms with Crippen LogP contribution < -0.4 is 0 Å². The van der Waals surface area contributed by atoms with E-state index in [4.69, 9.17) is 18.7 Å². The predicted octanol–water partition coefficient (Wildman–Crippen LogP) is 3.30. The number of azide groups is 1. The van der Waals surface area contributed by atoms with Crippen LogP contribution in [0.15, 0.2) is 5.11 Å². The van der Waals surface area contributed by atoms with Gasteiger partial charge in [-0.05, 0) is 5.53 Å². The monoisotopic (exact) mass is 257 g/mol. The smallest absolute Gasteiger partial charge is 0.215 e. The van der Waals surface area contributed by atoms with Crippen molar-refractivity contribution in [3.63, 3.8) is 0 Å². The summed E-state index contributed by atoms with van der Waals surface area (Å²) in [5, 5.41) is 4.20. The molecule has 14 heavy (non-hydrogen) atoms. The minimum Gasteiger partial charge on any atom is -0.317 e. The van der Waals surface area contributed by atoms with E-state index in [1.165, 1.54) is 0 Å². The summed E-state index contributed by atoms with van der Waals surface area (Å²) in [4.78, 5) is 8.75. The third kappa shape index (κ3) is 22.4. The Morgan fingerprint density at radius 1 is 1.14 bits per heavy atom. The van der Waals surface area contributed by atoms with E-state index < -0.39 is 0 Å². The lowest BCUT2D eigenvalue weighted by molar-refractivity contribution is 0.894. The molecular formula is C8H12BrN5. The fourth-order valence-corrected chi connectivity index (χ4v) is 0.655. The van der Waals surface area contributed by atoms with Crippen molar-refractivity contribution in [1.29, 1.82) is 0 Å². The molecule has 5 nitrogen and oxygen atoms in total. The molecule has 0 N–H and O–H groups in total. The molecule has 0 aliphatic rings. The van der Waals surface area contributed by atoms with E-state index in [-0.39, 0.29) is 0 Å². The lowest BCUT2D eigenvalue weighted by Crippen LogP contribution is -1.79. The number of hydrogen-bond donors (Lipinski definition) is 0. The second-order valence-corrected chi connectivity index (χ2v) is 2.91. The van der Waals surface area contributed by atoms with Gasteiger partial charge in [-0.1, -0.05) is 21.0 Å². The zero-order chi connectivity index (χ0) is 11.1. The van der Waals surface area contributed by atoms with Gasteiger partial charge in [-0.3, -0.25) is 0 Å². The number of rotatable bonds is 5. The van der Waals surface area contributed by atoms with Crippen LogP contribution in [-0.4, -0.2) is 25.0 Å². The maximum absolute atomic E-state index is 7.75. The van der Waals surface area contributed by atoms with Gasteiger partial charge in [0.1, 0.15) is 0 Å². The highest BCUT2D eigenvalue weighted by Gasteiger charge is 1.82. The minimum atomic E-state index is 0.443. The summed E-state index contributed by atoms with van der Waals surface area (Å²) in [6, 6.07) is 0. The van der Waals surface area contributed by atoms with E-state index in [0.29, 0.717) is 26.1 Å². The van der Waals surface area contributed by atoms with E-state index in [9.17, 15) is 0 Å². The Hall–Kier alpha value is -1.23. The Balaban J connectivity index is 0. The molecule has 0 aromatic rings. The topological polar surface area (TPSA) is 57.5 Å². The first-order valence-corrected chi connectivity index (χ1v) is 5.18. The van der Waals surface area contributed by atoms with Crippen molar-refractivity contribution in [2.24, 2.45) is 5.11 Å². The molecular weight excluding hydrogens is 246 g/mol. The average Bonchev–Trinajstić information content (AvgIpc) is 2.22. The summed E-state index contributed by atoms with van der Waals surface area (Å²) in [6.45, 7) is 14.2. The second-order valence-electron chi connectivity index (χ2n) is 2.11. The van der Waals surface area contributed by atoms with E-state index in [2.05, 4.69) is 35.6 Å². The molecule has 0 atom stereocenters. The van der Waals surface area contributed by atoms with Gasteiger partial charge in [-0.15, -0.1) is 0 Å². The van der Waals surface area contributed by atoms with Crippen LogP contribution in [0.1, 0.15) is 12.8 Å². The van der Waals surface area contributed by atoms with Gasteiger partial charge < -0.3 is 9.69 Å². The van der Waals surface area contributed by atoms with Gasteiger partial charge in [0.25, 0.3) is 0 Å². The van der Waals surface area contributed by atoms with E-state index in [0.717, 1.165) is 11.8 Å². The Morgan fingerprint density at radius 2 is 1.71 bits per heavy atom. The molecule has 0 saturated heterocycles. The van der Waals surface area contributed by atoms with Gasteiger partial charge in [0, 0.05) is 29.6 Å². The van der Waals surface area contributed by atoms with Gasteiger partial charge in [-0.2, -0.15) is 0 Å².